The first-order chi connectivity index (χ1) is 7.43. The molecule has 1 rings (SSSR count). The molecular formula is C9H10N2O5. The van der Waals surface area contributed by atoms with Crippen LogP contribution in [0.4, 0.5) is 5.69 Å². The topological polar surface area (TPSA) is 127 Å². The van der Waals surface area contributed by atoms with Crippen molar-refractivity contribution in [3.05, 3.63) is 33.9 Å². The SMILES string of the molecule is NC(CC(=O)O)c1cccc([N+](=O)[O-])c1O. The summed E-state index contributed by atoms with van der Waals surface area (Å²) in [5.41, 5.74) is 5.07. The molecular weight excluding hydrogens is 216 g/mol. The summed E-state index contributed by atoms with van der Waals surface area (Å²) in [4.78, 5) is 20.2. The van der Waals surface area contributed by atoms with Crippen molar-refractivity contribution >= 4 is 11.7 Å². The van der Waals surface area contributed by atoms with E-state index in [1.165, 1.54) is 12.1 Å². The lowest BCUT2D eigenvalue weighted by atomic mass is 10.0. The highest BCUT2D eigenvalue weighted by Crippen LogP contribution is 2.33. The van der Waals surface area contributed by atoms with Crippen molar-refractivity contribution in [1.29, 1.82) is 0 Å². The third-order valence-electron chi connectivity index (χ3n) is 2.04. The maximum absolute atomic E-state index is 10.5. The predicted molar refractivity (Wildman–Crippen MR) is 53.9 cm³/mol. The molecule has 86 valence electrons. The molecule has 4 N–H and O–H groups in total. The molecule has 0 amide bonds. The fraction of sp³-hybridized carbons (Fsp3) is 0.222. The number of phenolic OH excluding ortho intramolecular Hbond substituents is 1. The predicted octanol–water partition coefficient (Wildman–Crippen LogP) is 0.775. The third-order valence-corrected chi connectivity index (χ3v) is 2.04. The number of rotatable bonds is 4. The summed E-state index contributed by atoms with van der Waals surface area (Å²) in [5, 5.41) is 28.6. The van der Waals surface area contributed by atoms with Crippen LogP contribution in [0.1, 0.15) is 18.0 Å². The fourth-order valence-corrected chi connectivity index (χ4v) is 1.29. The van der Waals surface area contributed by atoms with Crippen molar-refractivity contribution in [2.75, 3.05) is 0 Å². The highest BCUT2D eigenvalue weighted by atomic mass is 16.6. The highest BCUT2D eigenvalue weighted by Gasteiger charge is 2.21. The average Bonchev–Trinajstić information content (AvgIpc) is 2.16. The molecule has 1 unspecified atom stereocenters. The zero-order chi connectivity index (χ0) is 12.3. The van der Waals surface area contributed by atoms with Crippen molar-refractivity contribution < 1.29 is 19.9 Å². The molecule has 0 fully saturated rings. The van der Waals surface area contributed by atoms with E-state index in [2.05, 4.69) is 0 Å². The molecule has 0 bridgehead atoms. The third kappa shape index (κ3) is 2.45. The number of nitro groups is 1. The molecule has 1 aromatic rings. The largest absolute Gasteiger partial charge is 0.502 e. The van der Waals surface area contributed by atoms with Crippen molar-refractivity contribution in [2.24, 2.45) is 5.73 Å². The van der Waals surface area contributed by atoms with E-state index in [1.807, 2.05) is 0 Å². The average molecular weight is 226 g/mol. The number of carbonyl (C=O) groups is 1. The minimum absolute atomic E-state index is 0.0524. The van der Waals surface area contributed by atoms with Gasteiger partial charge in [0.25, 0.3) is 0 Å². The van der Waals surface area contributed by atoms with E-state index in [-0.39, 0.29) is 5.56 Å². The number of carboxylic acids is 1. The molecule has 16 heavy (non-hydrogen) atoms. The summed E-state index contributed by atoms with van der Waals surface area (Å²) >= 11 is 0. The summed E-state index contributed by atoms with van der Waals surface area (Å²) in [6.07, 6.45) is -0.408. The monoisotopic (exact) mass is 226 g/mol. The minimum Gasteiger partial charge on any atom is -0.502 e. The summed E-state index contributed by atoms with van der Waals surface area (Å²) in [6.45, 7) is 0. The van der Waals surface area contributed by atoms with Gasteiger partial charge in [0.05, 0.1) is 11.3 Å². The molecule has 1 atom stereocenters. The molecule has 1 aromatic carbocycles. The number of hydrogen-bond acceptors (Lipinski definition) is 5. The standard InChI is InChI=1S/C9H10N2O5/c10-6(4-8(12)13)5-2-1-3-7(9(5)14)11(15)16/h1-3,6,14H,4,10H2,(H,12,13). The molecule has 0 saturated carbocycles. The maximum atomic E-state index is 10.5. The van der Waals surface area contributed by atoms with Gasteiger partial charge in [-0.15, -0.1) is 0 Å². The number of nitro benzene ring substituents is 1. The maximum Gasteiger partial charge on any atom is 0.311 e. The molecule has 0 aliphatic heterocycles. The highest BCUT2D eigenvalue weighted by molar-refractivity contribution is 5.68. The van der Waals surface area contributed by atoms with Crippen LogP contribution in [0.15, 0.2) is 18.2 Å². The van der Waals surface area contributed by atoms with Crippen molar-refractivity contribution in [3.63, 3.8) is 0 Å². The second-order valence-corrected chi connectivity index (χ2v) is 3.18. The van der Waals surface area contributed by atoms with Gasteiger partial charge in [0.1, 0.15) is 0 Å². The second kappa shape index (κ2) is 4.58. The molecule has 0 radical (unpaired) electrons. The van der Waals surface area contributed by atoms with Crippen LogP contribution in [0.5, 0.6) is 5.75 Å². The normalized spacial score (nSPS) is 12.1. The van der Waals surface area contributed by atoms with Gasteiger partial charge in [0, 0.05) is 17.7 Å². The smallest absolute Gasteiger partial charge is 0.311 e. The first-order valence-electron chi connectivity index (χ1n) is 4.37. The van der Waals surface area contributed by atoms with E-state index >= 15 is 0 Å². The molecule has 0 aliphatic carbocycles. The summed E-state index contributed by atoms with van der Waals surface area (Å²) in [6, 6.07) is 2.84. The van der Waals surface area contributed by atoms with Crippen molar-refractivity contribution in [2.45, 2.75) is 12.5 Å². The van der Waals surface area contributed by atoms with E-state index in [9.17, 15) is 20.0 Å². The van der Waals surface area contributed by atoms with Gasteiger partial charge in [0.15, 0.2) is 5.75 Å². The van der Waals surface area contributed by atoms with Gasteiger partial charge < -0.3 is 15.9 Å². The van der Waals surface area contributed by atoms with Crippen LogP contribution < -0.4 is 5.73 Å². The van der Waals surface area contributed by atoms with Gasteiger partial charge in [0.2, 0.25) is 0 Å². The van der Waals surface area contributed by atoms with Gasteiger partial charge in [-0.05, 0) is 0 Å². The van der Waals surface area contributed by atoms with E-state index in [0.717, 1.165) is 6.07 Å². The molecule has 7 nitrogen and oxygen atoms in total. The second-order valence-electron chi connectivity index (χ2n) is 3.18. The number of hydrogen-bond donors (Lipinski definition) is 3. The zero-order valence-corrected chi connectivity index (χ0v) is 8.16. The Morgan fingerprint density at radius 3 is 2.69 bits per heavy atom. The van der Waals surface area contributed by atoms with E-state index in [4.69, 9.17) is 10.8 Å². The molecule has 0 spiro atoms. The van der Waals surface area contributed by atoms with E-state index in [1.54, 1.807) is 0 Å². The Kier molecular flexibility index (Phi) is 3.41. The molecule has 0 heterocycles. The number of benzene rings is 1. The fourth-order valence-electron chi connectivity index (χ4n) is 1.29. The molecule has 0 saturated heterocycles. The Bertz CT molecular complexity index is 432. The Balaban J connectivity index is 3.10. The Morgan fingerprint density at radius 1 is 1.56 bits per heavy atom. The van der Waals surface area contributed by atoms with Crippen LogP contribution in [-0.2, 0) is 4.79 Å². The number of phenols is 1. The zero-order valence-electron chi connectivity index (χ0n) is 8.16. The first-order valence-corrected chi connectivity index (χ1v) is 4.37. The van der Waals surface area contributed by atoms with Crippen LogP contribution in [0.25, 0.3) is 0 Å². The van der Waals surface area contributed by atoms with E-state index in [0.29, 0.717) is 0 Å². The van der Waals surface area contributed by atoms with Gasteiger partial charge in [-0.3, -0.25) is 14.9 Å². The lowest BCUT2D eigenvalue weighted by Crippen LogP contribution is -2.15. The van der Waals surface area contributed by atoms with Crippen LogP contribution in [0.3, 0.4) is 0 Å². The summed E-state index contributed by atoms with van der Waals surface area (Å²) in [7, 11) is 0. The minimum atomic E-state index is -1.14. The Hall–Kier alpha value is -2.15. The van der Waals surface area contributed by atoms with Gasteiger partial charge >= 0.3 is 11.7 Å². The number of nitrogens with zero attached hydrogens (tertiary/aromatic N) is 1. The molecule has 7 heteroatoms. The number of aliphatic carboxylic acids is 1. The number of aromatic hydroxyl groups is 1. The summed E-state index contributed by atoms with van der Waals surface area (Å²) < 4.78 is 0. The van der Waals surface area contributed by atoms with Crippen molar-refractivity contribution in [3.8, 4) is 5.75 Å². The molecule has 0 aromatic heterocycles. The van der Waals surface area contributed by atoms with Crippen molar-refractivity contribution in [1.82, 2.24) is 0 Å². The number of carboxylic acid groups (broad SMARTS) is 1. The molecule has 0 aliphatic rings. The van der Waals surface area contributed by atoms with Gasteiger partial charge in [-0.1, -0.05) is 12.1 Å². The van der Waals surface area contributed by atoms with Crippen LogP contribution in [0.2, 0.25) is 0 Å². The lowest BCUT2D eigenvalue weighted by molar-refractivity contribution is -0.386. The first kappa shape index (κ1) is 11.9. The van der Waals surface area contributed by atoms with Crippen LogP contribution in [0, 0.1) is 10.1 Å². The number of nitrogens with two attached hydrogens (primary N) is 1. The van der Waals surface area contributed by atoms with Gasteiger partial charge in [-0.25, -0.2) is 0 Å². The summed E-state index contributed by atoms with van der Waals surface area (Å²) in [5.74, 6) is -1.72. The van der Waals surface area contributed by atoms with Crippen LogP contribution >= 0.6 is 0 Å². The van der Waals surface area contributed by atoms with E-state index < -0.39 is 34.8 Å². The Morgan fingerprint density at radius 2 is 2.19 bits per heavy atom. The van der Waals surface area contributed by atoms with Gasteiger partial charge in [-0.2, -0.15) is 0 Å². The Labute approximate surface area is 90.3 Å². The van der Waals surface area contributed by atoms with Crippen LogP contribution in [-0.4, -0.2) is 21.1 Å². The lowest BCUT2D eigenvalue weighted by Gasteiger charge is -2.10. The quantitative estimate of drug-likeness (QED) is 0.514. The number of para-hydroxylation sites is 1.